The molecule has 4 aromatic rings. The molecule has 4 rings (SSSR count). The normalized spacial score (nSPS) is 10.9. The van der Waals surface area contributed by atoms with Gasteiger partial charge in [0.05, 0.1) is 16.8 Å². The number of anilines is 1. The van der Waals surface area contributed by atoms with E-state index in [4.69, 9.17) is 16.6 Å². The number of pyridine rings is 1. The number of hydrogen-bond acceptors (Lipinski definition) is 2. The number of carbonyl (C=O) groups is 1. The number of benzene rings is 3. The van der Waals surface area contributed by atoms with Gasteiger partial charge in [0.1, 0.15) is 5.82 Å². The van der Waals surface area contributed by atoms with Gasteiger partial charge in [-0.15, -0.1) is 0 Å². The molecule has 0 saturated heterocycles. The van der Waals surface area contributed by atoms with Crippen LogP contribution in [0.2, 0.25) is 5.02 Å². The second-order valence-electron chi connectivity index (χ2n) is 7.00. The van der Waals surface area contributed by atoms with Crippen LogP contribution in [0, 0.1) is 19.7 Å². The third-order valence-electron chi connectivity index (χ3n) is 4.78. The highest BCUT2D eigenvalue weighted by Crippen LogP contribution is 2.29. The Hall–Kier alpha value is -3.24. The Bertz CT molecular complexity index is 1240. The van der Waals surface area contributed by atoms with Crippen LogP contribution in [-0.4, -0.2) is 10.9 Å². The minimum Gasteiger partial charge on any atom is -0.322 e. The molecule has 1 heterocycles. The molecule has 144 valence electrons. The number of aromatic nitrogens is 1. The van der Waals surface area contributed by atoms with Gasteiger partial charge in [0.15, 0.2) is 0 Å². The molecule has 1 amide bonds. The van der Waals surface area contributed by atoms with E-state index in [2.05, 4.69) is 11.4 Å². The zero-order valence-corrected chi connectivity index (χ0v) is 16.7. The topological polar surface area (TPSA) is 42.0 Å². The zero-order valence-electron chi connectivity index (χ0n) is 16.0. The first-order valence-corrected chi connectivity index (χ1v) is 9.53. The summed E-state index contributed by atoms with van der Waals surface area (Å²) < 4.78 is 13.2. The van der Waals surface area contributed by atoms with Crippen molar-refractivity contribution in [3.63, 3.8) is 0 Å². The Kier molecular flexibility index (Phi) is 5.03. The molecule has 3 aromatic carbocycles. The van der Waals surface area contributed by atoms with Gasteiger partial charge in [-0.25, -0.2) is 9.37 Å². The highest BCUT2D eigenvalue weighted by molar-refractivity contribution is 6.31. The van der Waals surface area contributed by atoms with Crippen LogP contribution < -0.4 is 5.32 Å². The van der Waals surface area contributed by atoms with Gasteiger partial charge in [0, 0.05) is 21.7 Å². The summed E-state index contributed by atoms with van der Waals surface area (Å²) in [7, 11) is 0. The van der Waals surface area contributed by atoms with E-state index < -0.39 is 0 Å². The molecule has 1 N–H and O–H groups in total. The summed E-state index contributed by atoms with van der Waals surface area (Å²) in [5.41, 5.74) is 5.55. The first kappa shape index (κ1) is 19.1. The number of halogens is 2. The molecule has 3 nitrogen and oxygen atoms in total. The molecule has 29 heavy (non-hydrogen) atoms. The van der Waals surface area contributed by atoms with Gasteiger partial charge in [-0.05, 0) is 67.9 Å². The lowest BCUT2D eigenvalue weighted by molar-refractivity contribution is 0.102. The van der Waals surface area contributed by atoms with E-state index in [0.29, 0.717) is 32.9 Å². The number of carbonyl (C=O) groups excluding carboxylic acids is 1. The van der Waals surface area contributed by atoms with E-state index >= 15 is 0 Å². The van der Waals surface area contributed by atoms with E-state index in [-0.39, 0.29) is 11.7 Å². The van der Waals surface area contributed by atoms with Gasteiger partial charge in [-0.2, -0.15) is 0 Å². The smallest absolute Gasteiger partial charge is 0.256 e. The van der Waals surface area contributed by atoms with Crippen LogP contribution in [0.15, 0.2) is 66.7 Å². The predicted molar refractivity (Wildman–Crippen MR) is 116 cm³/mol. The van der Waals surface area contributed by atoms with Crippen molar-refractivity contribution in [3.05, 3.63) is 94.3 Å². The molecule has 0 unspecified atom stereocenters. The third kappa shape index (κ3) is 3.98. The number of nitrogens with one attached hydrogen (secondary N) is 1. The van der Waals surface area contributed by atoms with Crippen LogP contribution in [0.1, 0.15) is 21.5 Å². The molecular weight excluding hydrogens is 387 g/mol. The van der Waals surface area contributed by atoms with Crippen molar-refractivity contribution in [2.45, 2.75) is 13.8 Å². The third-order valence-corrected chi connectivity index (χ3v) is 5.01. The highest BCUT2D eigenvalue weighted by atomic mass is 35.5. The summed E-state index contributed by atoms with van der Waals surface area (Å²) in [5.74, 6) is -0.668. The number of fused-ring (bicyclic) bond motifs is 1. The molecule has 5 heteroatoms. The number of nitrogens with zero attached hydrogens (tertiary/aromatic N) is 1. The number of hydrogen-bond donors (Lipinski definition) is 1. The van der Waals surface area contributed by atoms with Crippen LogP contribution in [0.25, 0.3) is 22.2 Å². The molecule has 1 aromatic heterocycles. The van der Waals surface area contributed by atoms with Gasteiger partial charge in [-0.3, -0.25) is 4.79 Å². The van der Waals surface area contributed by atoms with Gasteiger partial charge in [-0.1, -0.05) is 35.4 Å². The minimum atomic E-state index is -0.360. The van der Waals surface area contributed by atoms with Crippen molar-refractivity contribution in [1.29, 1.82) is 0 Å². The first-order valence-electron chi connectivity index (χ1n) is 9.15. The molecule has 0 fully saturated rings. The van der Waals surface area contributed by atoms with Crippen LogP contribution in [0.3, 0.4) is 0 Å². The molecule has 0 aliphatic carbocycles. The zero-order chi connectivity index (χ0) is 20.5. The van der Waals surface area contributed by atoms with Gasteiger partial charge in [0.25, 0.3) is 5.91 Å². The second kappa shape index (κ2) is 7.64. The van der Waals surface area contributed by atoms with Crippen LogP contribution in [-0.2, 0) is 0 Å². The van der Waals surface area contributed by atoms with E-state index in [1.807, 2.05) is 26.0 Å². The van der Waals surface area contributed by atoms with Crippen LogP contribution >= 0.6 is 11.6 Å². The maximum Gasteiger partial charge on any atom is 0.256 e. The molecule has 0 radical (unpaired) electrons. The molecule has 0 atom stereocenters. The SMILES string of the molecule is Cc1ccc(-c2cc(C(=O)Nc3ccc(F)cc3)c3cc(Cl)ccc3n2)c(C)c1. The lowest BCUT2D eigenvalue weighted by Gasteiger charge is -2.13. The fourth-order valence-corrected chi connectivity index (χ4v) is 3.53. The van der Waals surface area contributed by atoms with Crippen molar-refractivity contribution in [2.24, 2.45) is 0 Å². The van der Waals surface area contributed by atoms with Crippen LogP contribution in [0.5, 0.6) is 0 Å². The standard InChI is InChI=1S/C24H18ClFN2O/c1-14-3-9-19(15(2)11-14)23-13-21(20-12-16(25)4-10-22(20)28-23)24(29)27-18-7-5-17(26)6-8-18/h3-13H,1-2H3,(H,27,29). The van der Waals surface area contributed by atoms with Crippen molar-refractivity contribution >= 4 is 34.1 Å². The van der Waals surface area contributed by atoms with E-state index in [0.717, 1.165) is 16.7 Å². The number of aryl methyl sites for hydroxylation is 2. The van der Waals surface area contributed by atoms with E-state index in [9.17, 15) is 9.18 Å². The average molecular weight is 405 g/mol. The van der Waals surface area contributed by atoms with Crippen molar-refractivity contribution < 1.29 is 9.18 Å². The van der Waals surface area contributed by atoms with Crippen LogP contribution in [0.4, 0.5) is 10.1 Å². The average Bonchev–Trinajstić information content (AvgIpc) is 2.69. The Morgan fingerprint density at radius 1 is 0.966 bits per heavy atom. The summed E-state index contributed by atoms with van der Waals surface area (Å²) in [6, 6.07) is 18.8. The molecule has 0 spiro atoms. The maximum absolute atomic E-state index is 13.2. The van der Waals surface area contributed by atoms with Crippen molar-refractivity contribution in [3.8, 4) is 11.3 Å². The predicted octanol–water partition coefficient (Wildman–Crippen LogP) is 6.56. The molecular formula is C24H18ClFN2O. The highest BCUT2D eigenvalue weighted by Gasteiger charge is 2.16. The summed E-state index contributed by atoms with van der Waals surface area (Å²) in [6.07, 6.45) is 0. The minimum absolute atomic E-state index is 0.308. The summed E-state index contributed by atoms with van der Waals surface area (Å²) in [5, 5.41) is 4.00. The fourth-order valence-electron chi connectivity index (χ4n) is 3.36. The summed E-state index contributed by atoms with van der Waals surface area (Å²) in [4.78, 5) is 17.8. The lowest BCUT2D eigenvalue weighted by atomic mass is 9.99. The number of rotatable bonds is 3. The lowest BCUT2D eigenvalue weighted by Crippen LogP contribution is -2.13. The fraction of sp³-hybridized carbons (Fsp3) is 0.0833. The van der Waals surface area contributed by atoms with E-state index in [1.165, 1.54) is 24.3 Å². The Labute approximate surface area is 173 Å². The summed E-state index contributed by atoms with van der Waals surface area (Å²) >= 11 is 6.17. The molecule has 0 aliphatic heterocycles. The largest absolute Gasteiger partial charge is 0.322 e. The van der Waals surface area contributed by atoms with Gasteiger partial charge in [0.2, 0.25) is 0 Å². The summed E-state index contributed by atoms with van der Waals surface area (Å²) in [6.45, 7) is 4.06. The quantitative estimate of drug-likeness (QED) is 0.420. The van der Waals surface area contributed by atoms with Crippen molar-refractivity contribution in [2.75, 3.05) is 5.32 Å². The second-order valence-corrected chi connectivity index (χ2v) is 7.43. The first-order chi connectivity index (χ1) is 13.9. The Morgan fingerprint density at radius 3 is 2.45 bits per heavy atom. The maximum atomic E-state index is 13.2. The molecule has 0 bridgehead atoms. The Balaban J connectivity index is 1.85. The van der Waals surface area contributed by atoms with E-state index in [1.54, 1.807) is 24.3 Å². The van der Waals surface area contributed by atoms with Gasteiger partial charge >= 0.3 is 0 Å². The number of amides is 1. The Morgan fingerprint density at radius 2 is 1.72 bits per heavy atom. The van der Waals surface area contributed by atoms with Gasteiger partial charge < -0.3 is 5.32 Å². The molecule has 0 saturated carbocycles. The molecule has 0 aliphatic rings. The van der Waals surface area contributed by atoms with Crippen molar-refractivity contribution in [1.82, 2.24) is 4.98 Å². The monoisotopic (exact) mass is 404 g/mol.